The van der Waals surface area contributed by atoms with Gasteiger partial charge in [0.15, 0.2) is 6.54 Å². The first-order valence-electron chi connectivity index (χ1n) is 9.10. The lowest BCUT2D eigenvalue weighted by atomic mass is 10.2. The van der Waals surface area contributed by atoms with Gasteiger partial charge in [-0.2, -0.15) is 0 Å². The number of nitrogens with one attached hydrogen (secondary N) is 1. The zero-order valence-electron chi connectivity index (χ0n) is 16.7. The average molecular weight is 401 g/mol. The first-order chi connectivity index (χ1) is 13.5. The van der Waals surface area contributed by atoms with Crippen LogP contribution in [-0.2, 0) is 17.9 Å². The molecule has 3 rings (SSSR count). The number of likely N-dealkylation sites (N-methyl/N-ethyl adjacent to an activating group) is 2. The van der Waals surface area contributed by atoms with Gasteiger partial charge in [0, 0.05) is 18.7 Å². The number of benzene rings is 2. The molecule has 1 amide bonds. The van der Waals surface area contributed by atoms with Crippen molar-refractivity contribution in [1.29, 1.82) is 0 Å². The quantitative estimate of drug-likeness (QED) is 0.628. The first-order valence-corrected chi connectivity index (χ1v) is 9.92. The number of quaternary nitrogens is 1. The SMILES string of the molecule is COc1ccc(C[NH+](C)CC(=O)N(C)Cc2nc3ccccc3s2)c(OC)c1. The Balaban J connectivity index is 1.58. The number of ether oxygens (including phenoxy) is 2. The summed E-state index contributed by atoms with van der Waals surface area (Å²) < 4.78 is 11.8. The van der Waals surface area contributed by atoms with Crippen molar-refractivity contribution in [3.05, 3.63) is 53.0 Å². The van der Waals surface area contributed by atoms with Gasteiger partial charge in [0.05, 0.1) is 38.0 Å². The summed E-state index contributed by atoms with van der Waals surface area (Å²) in [5.74, 6) is 1.61. The maximum absolute atomic E-state index is 12.6. The molecule has 2 aromatic carbocycles. The van der Waals surface area contributed by atoms with Crippen LogP contribution in [0.4, 0.5) is 0 Å². The average Bonchev–Trinajstić information content (AvgIpc) is 3.10. The highest BCUT2D eigenvalue weighted by Gasteiger charge is 2.18. The van der Waals surface area contributed by atoms with Gasteiger partial charge in [0.1, 0.15) is 23.1 Å². The third kappa shape index (κ3) is 4.79. The molecular formula is C21H26N3O3S+. The van der Waals surface area contributed by atoms with Crippen LogP contribution in [0.15, 0.2) is 42.5 Å². The number of hydrogen-bond acceptors (Lipinski definition) is 5. The molecule has 3 aromatic rings. The highest BCUT2D eigenvalue weighted by atomic mass is 32.1. The molecule has 0 radical (unpaired) electrons. The fourth-order valence-electron chi connectivity index (χ4n) is 3.06. The van der Waals surface area contributed by atoms with E-state index in [1.807, 2.05) is 50.5 Å². The third-order valence-electron chi connectivity index (χ3n) is 4.58. The third-order valence-corrected chi connectivity index (χ3v) is 5.60. The molecule has 1 aromatic heterocycles. The van der Waals surface area contributed by atoms with E-state index in [-0.39, 0.29) is 5.91 Å². The van der Waals surface area contributed by atoms with Crippen molar-refractivity contribution in [3.8, 4) is 11.5 Å². The lowest BCUT2D eigenvalue weighted by Crippen LogP contribution is -3.08. The number of fused-ring (bicyclic) bond motifs is 1. The molecule has 0 fully saturated rings. The summed E-state index contributed by atoms with van der Waals surface area (Å²) in [7, 11) is 7.11. The fourth-order valence-corrected chi connectivity index (χ4v) is 4.08. The van der Waals surface area contributed by atoms with Gasteiger partial charge in [-0.15, -0.1) is 11.3 Å². The Morgan fingerprint density at radius 1 is 1.18 bits per heavy atom. The number of amides is 1. The number of methoxy groups -OCH3 is 2. The molecule has 0 aliphatic carbocycles. The molecule has 0 aliphatic heterocycles. The molecular weight excluding hydrogens is 374 g/mol. The Hall–Kier alpha value is -2.64. The monoisotopic (exact) mass is 400 g/mol. The van der Waals surface area contributed by atoms with Gasteiger partial charge in [-0.1, -0.05) is 12.1 Å². The van der Waals surface area contributed by atoms with E-state index in [2.05, 4.69) is 11.1 Å². The molecule has 0 saturated heterocycles. The predicted octanol–water partition coefficient (Wildman–Crippen LogP) is 1.99. The van der Waals surface area contributed by atoms with E-state index in [1.54, 1.807) is 30.5 Å². The number of carbonyl (C=O) groups excluding carboxylic acids is 1. The smallest absolute Gasteiger partial charge is 0.277 e. The number of carbonyl (C=O) groups is 1. The Bertz CT molecular complexity index is 924. The Kier molecular flexibility index (Phi) is 6.49. The minimum atomic E-state index is 0.0873. The molecule has 6 nitrogen and oxygen atoms in total. The van der Waals surface area contributed by atoms with Crippen molar-refractivity contribution in [3.63, 3.8) is 0 Å². The highest BCUT2D eigenvalue weighted by Crippen LogP contribution is 2.24. The Morgan fingerprint density at radius 2 is 1.96 bits per heavy atom. The van der Waals surface area contributed by atoms with Crippen molar-refractivity contribution in [2.45, 2.75) is 13.1 Å². The largest absolute Gasteiger partial charge is 0.497 e. The molecule has 1 unspecified atom stereocenters. The number of para-hydroxylation sites is 1. The second kappa shape index (κ2) is 9.03. The molecule has 0 aliphatic rings. The maximum atomic E-state index is 12.6. The minimum Gasteiger partial charge on any atom is -0.497 e. The van der Waals surface area contributed by atoms with Crippen LogP contribution in [0.5, 0.6) is 11.5 Å². The summed E-state index contributed by atoms with van der Waals surface area (Å²) in [6.07, 6.45) is 0. The number of thiazole rings is 1. The molecule has 0 spiro atoms. The standard InChI is InChI=1S/C21H25N3O3S/c1-23(12-15-9-10-16(26-3)11-18(15)27-4)14-21(25)24(2)13-20-22-17-7-5-6-8-19(17)28-20/h5-11H,12-14H2,1-4H3/p+1. The highest BCUT2D eigenvalue weighted by molar-refractivity contribution is 7.18. The summed E-state index contributed by atoms with van der Waals surface area (Å²) in [4.78, 5) is 20.1. The van der Waals surface area contributed by atoms with Crippen molar-refractivity contribution in [2.75, 3.05) is 34.9 Å². The van der Waals surface area contributed by atoms with Gasteiger partial charge < -0.3 is 19.3 Å². The topological polar surface area (TPSA) is 56.1 Å². The van der Waals surface area contributed by atoms with Crippen LogP contribution in [0.3, 0.4) is 0 Å². The van der Waals surface area contributed by atoms with Gasteiger partial charge in [0.25, 0.3) is 5.91 Å². The molecule has 7 heteroatoms. The van der Waals surface area contributed by atoms with Crippen LogP contribution >= 0.6 is 11.3 Å². The van der Waals surface area contributed by atoms with Crippen molar-refractivity contribution >= 4 is 27.5 Å². The van der Waals surface area contributed by atoms with Crippen LogP contribution < -0.4 is 14.4 Å². The van der Waals surface area contributed by atoms with Crippen LogP contribution in [0.2, 0.25) is 0 Å². The zero-order chi connectivity index (χ0) is 20.1. The van der Waals surface area contributed by atoms with E-state index >= 15 is 0 Å². The van der Waals surface area contributed by atoms with E-state index in [1.165, 1.54) is 0 Å². The Morgan fingerprint density at radius 3 is 2.68 bits per heavy atom. The lowest BCUT2D eigenvalue weighted by molar-refractivity contribution is -0.885. The van der Waals surface area contributed by atoms with Gasteiger partial charge in [0.2, 0.25) is 0 Å². The molecule has 1 heterocycles. The molecule has 28 heavy (non-hydrogen) atoms. The van der Waals surface area contributed by atoms with Crippen LogP contribution in [0.1, 0.15) is 10.6 Å². The molecule has 1 atom stereocenters. The van der Waals surface area contributed by atoms with Crippen molar-refractivity contribution in [1.82, 2.24) is 9.88 Å². The van der Waals surface area contributed by atoms with E-state index in [0.29, 0.717) is 19.6 Å². The number of hydrogen-bond donors (Lipinski definition) is 1. The van der Waals surface area contributed by atoms with Crippen LogP contribution in [-0.4, -0.2) is 50.7 Å². The van der Waals surface area contributed by atoms with Crippen LogP contribution in [0, 0.1) is 0 Å². The number of nitrogens with zero attached hydrogens (tertiary/aromatic N) is 2. The normalized spacial score (nSPS) is 12.0. The molecule has 0 bridgehead atoms. The van der Waals surface area contributed by atoms with Crippen LogP contribution in [0.25, 0.3) is 10.2 Å². The zero-order valence-corrected chi connectivity index (χ0v) is 17.5. The lowest BCUT2D eigenvalue weighted by Gasteiger charge is -2.20. The predicted molar refractivity (Wildman–Crippen MR) is 111 cm³/mol. The maximum Gasteiger partial charge on any atom is 0.277 e. The fraction of sp³-hybridized carbons (Fsp3) is 0.333. The summed E-state index contributed by atoms with van der Waals surface area (Å²) in [5.41, 5.74) is 2.03. The molecule has 0 saturated carbocycles. The van der Waals surface area contributed by atoms with Crippen molar-refractivity contribution in [2.24, 2.45) is 0 Å². The van der Waals surface area contributed by atoms with Crippen molar-refractivity contribution < 1.29 is 19.2 Å². The minimum absolute atomic E-state index is 0.0873. The second-order valence-corrected chi connectivity index (χ2v) is 7.93. The number of aromatic nitrogens is 1. The molecule has 148 valence electrons. The second-order valence-electron chi connectivity index (χ2n) is 6.81. The van der Waals surface area contributed by atoms with E-state index in [9.17, 15) is 4.79 Å². The van der Waals surface area contributed by atoms with Gasteiger partial charge in [-0.05, 0) is 24.3 Å². The van der Waals surface area contributed by atoms with Gasteiger partial charge in [-0.25, -0.2) is 4.98 Å². The van der Waals surface area contributed by atoms with E-state index < -0.39 is 0 Å². The Labute approximate surface area is 169 Å². The summed E-state index contributed by atoms with van der Waals surface area (Å²) >= 11 is 1.63. The van der Waals surface area contributed by atoms with E-state index in [4.69, 9.17) is 9.47 Å². The summed E-state index contributed by atoms with van der Waals surface area (Å²) in [6, 6.07) is 13.8. The van der Waals surface area contributed by atoms with Gasteiger partial charge in [-0.3, -0.25) is 4.79 Å². The number of rotatable bonds is 8. The molecule has 1 N–H and O–H groups in total. The van der Waals surface area contributed by atoms with E-state index in [0.717, 1.165) is 37.2 Å². The summed E-state index contributed by atoms with van der Waals surface area (Å²) in [6.45, 7) is 1.61. The van der Waals surface area contributed by atoms with Gasteiger partial charge >= 0.3 is 0 Å². The first kappa shape index (κ1) is 20.1. The summed E-state index contributed by atoms with van der Waals surface area (Å²) in [5, 5.41) is 0.950.